The Kier molecular flexibility index (Phi) is 4.89. The van der Waals surface area contributed by atoms with Crippen LogP contribution in [0.4, 0.5) is 19.0 Å². The molecule has 0 saturated heterocycles. The molecule has 0 atom stereocenters. The third kappa shape index (κ3) is 3.66. The topological polar surface area (TPSA) is 24.9 Å². The predicted octanol–water partition coefficient (Wildman–Crippen LogP) is 4.47. The molecule has 0 bridgehead atoms. The molecule has 0 spiro atoms. The van der Waals surface area contributed by atoms with Crippen LogP contribution in [0.15, 0.2) is 40.3 Å². The van der Waals surface area contributed by atoms with Gasteiger partial charge in [0.25, 0.3) is 0 Å². The summed E-state index contributed by atoms with van der Waals surface area (Å²) >= 11 is 1.02. The van der Waals surface area contributed by atoms with Crippen molar-refractivity contribution in [1.82, 2.24) is 4.98 Å². The highest BCUT2D eigenvalue weighted by atomic mass is 32.2. The van der Waals surface area contributed by atoms with Crippen LogP contribution in [0, 0.1) is 17.5 Å². The van der Waals surface area contributed by atoms with Gasteiger partial charge in [0, 0.05) is 17.5 Å². The first-order chi connectivity index (χ1) is 9.60. The summed E-state index contributed by atoms with van der Waals surface area (Å²) in [5, 5.41) is 2.85. The van der Waals surface area contributed by atoms with E-state index in [9.17, 15) is 13.2 Å². The SMILES string of the molecule is CCCNc1nc(Sc2ccc(F)cc2)c(F)cc1F. The van der Waals surface area contributed by atoms with Gasteiger partial charge in [0.2, 0.25) is 0 Å². The lowest BCUT2D eigenvalue weighted by Gasteiger charge is -2.08. The summed E-state index contributed by atoms with van der Waals surface area (Å²) in [6.07, 6.45) is 0.804. The molecule has 0 unspecified atom stereocenters. The van der Waals surface area contributed by atoms with Crippen molar-refractivity contribution in [3.63, 3.8) is 0 Å². The van der Waals surface area contributed by atoms with Crippen LogP contribution in [0.2, 0.25) is 0 Å². The van der Waals surface area contributed by atoms with E-state index in [1.807, 2.05) is 6.92 Å². The number of hydrogen-bond acceptors (Lipinski definition) is 3. The predicted molar refractivity (Wildman–Crippen MR) is 73.5 cm³/mol. The van der Waals surface area contributed by atoms with Crippen LogP contribution in [0.5, 0.6) is 0 Å². The smallest absolute Gasteiger partial charge is 0.168 e. The van der Waals surface area contributed by atoms with Crippen molar-refractivity contribution in [2.45, 2.75) is 23.3 Å². The lowest BCUT2D eigenvalue weighted by Crippen LogP contribution is -2.06. The minimum atomic E-state index is -0.737. The Morgan fingerprint density at radius 1 is 1.10 bits per heavy atom. The van der Waals surface area contributed by atoms with Crippen molar-refractivity contribution in [2.75, 3.05) is 11.9 Å². The monoisotopic (exact) mass is 298 g/mol. The van der Waals surface area contributed by atoms with Gasteiger partial charge in [0.1, 0.15) is 10.8 Å². The lowest BCUT2D eigenvalue weighted by molar-refractivity contribution is 0.551. The second kappa shape index (κ2) is 6.65. The highest BCUT2D eigenvalue weighted by Gasteiger charge is 2.12. The maximum absolute atomic E-state index is 13.7. The lowest BCUT2D eigenvalue weighted by atomic mass is 10.4. The molecule has 2 aromatic rings. The number of halogens is 3. The highest BCUT2D eigenvalue weighted by molar-refractivity contribution is 7.99. The molecule has 0 amide bonds. The maximum atomic E-state index is 13.7. The van der Waals surface area contributed by atoms with Crippen molar-refractivity contribution in [1.29, 1.82) is 0 Å². The van der Waals surface area contributed by atoms with Crippen LogP contribution in [-0.4, -0.2) is 11.5 Å². The molecule has 2 rings (SSSR count). The molecular weight excluding hydrogens is 285 g/mol. The van der Waals surface area contributed by atoms with E-state index in [0.29, 0.717) is 11.4 Å². The summed E-state index contributed by atoms with van der Waals surface area (Å²) in [6, 6.07) is 6.39. The van der Waals surface area contributed by atoms with Crippen LogP contribution in [0.25, 0.3) is 0 Å². The van der Waals surface area contributed by atoms with Crippen LogP contribution < -0.4 is 5.32 Å². The first kappa shape index (κ1) is 14.7. The van der Waals surface area contributed by atoms with Crippen molar-refractivity contribution in [3.05, 3.63) is 47.8 Å². The van der Waals surface area contributed by atoms with E-state index in [-0.39, 0.29) is 16.7 Å². The second-order valence-corrected chi connectivity index (χ2v) is 5.15. The summed E-state index contributed by atoms with van der Waals surface area (Å²) in [5.41, 5.74) is 0. The highest BCUT2D eigenvalue weighted by Crippen LogP contribution is 2.30. The molecule has 1 heterocycles. The Morgan fingerprint density at radius 3 is 2.45 bits per heavy atom. The zero-order chi connectivity index (χ0) is 14.5. The van der Waals surface area contributed by atoms with E-state index >= 15 is 0 Å². The van der Waals surface area contributed by atoms with Gasteiger partial charge in [0.15, 0.2) is 17.5 Å². The number of benzene rings is 1. The third-order valence-corrected chi connectivity index (χ3v) is 3.46. The molecule has 6 heteroatoms. The van der Waals surface area contributed by atoms with Gasteiger partial charge < -0.3 is 5.32 Å². The van der Waals surface area contributed by atoms with Crippen LogP contribution >= 0.6 is 11.8 Å². The van der Waals surface area contributed by atoms with Crippen LogP contribution in [-0.2, 0) is 0 Å². The maximum Gasteiger partial charge on any atom is 0.168 e. The van der Waals surface area contributed by atoms with Gasteiger partial charge in [-0.15, -0.1) is 0 Å². The number of nitrogens with zero attached hydrogens (tertiary/aromatic N) is 1. The van der Waals surface area contributed by atoms with E-state index < -0.39 is 11.6 Å². The van der Waals surface area contributed by atoms with Crippen molar-refractivity contribution < 1.29 is 13.2 Å². The molecule has 0 radical (unpaired) electrons. The third-order valence-electron chi connectivity index (χ3n) is 2.47. The van der Waals surface area contributed by atoms with E-state index in [4.69, 9.17) is 0 Å². The minimum Gasteiger partial charge on any atom is -0.368 e. The van der Waals surface area contributed by atoms with Crippen molar-refractivity contribution >= 4 is 17.6 Å². The van der Waals surface area contributed by atoms with Gasteiger partial charge in [-0.2, -0.15) is 0 Å². The molecule has 1 aromatic carbocycles. The summed E-state index contributed by atoms with van der Waals surface area (Å²) in [6.45, 7) is 2.48. The standard InChI is InChI=1S/C14H13F3N2S/c1-2-7-18-13-11(16)8-12(17)14(19-13)20-10-5-3-9(15)4-6-10/h3-6,8H,2,7H2,1H3,(H,18,19). The summed E-state index contributed by atoms with van der Waals surface area (Å²) in [7, 11) is 0. The summed E-state index contributed by atoms with van der Waals surface area (Å²) < 4.78 is 40.0. The Labute approximate surface area is 119 Å². The molecule has 20 heavy (non-hydrogen) atoms. The average Bonchev–Trinajstić information content (AvgIpc) is 2.43. The second-order valence-electron chi connectivity index (χ2n) is 4.09. The van der Waals surface area contributed by atoms with E-state index in [2.05, 4.69) is 10.3 Å². The van der Waals surface area contributed by atoms with E-state index in [1.165, 1.54) is 24.3 Å². The number of anilines is 1. The Balaban J connectivity index is 2.24. The molecule has 0 aliphatic heterocycles. The summed E-state index contributed by atoms with van der Waals surface area (Å²) in [4.78, 5) is 4.57. The molecule has 0 aliphatic rings. The Hall–Kier alpha value is -1.69. The first-order valence-electron chi connectivity index (χ1n) is 6.13. The largest absolute Gasteiger partial charge is 0.368 e. The number of hydrogen-bond donors (Lipinski definition) is 1. The van der Waals surface area contributed by atoms with Gasteiger partial charge in [0.05, 0.1) is 0 Å². The zero-order valence-electron chi connectivity index (χ0n) is 10.8. The van der Waals surface area contributed by atoms with Crippen molar-refractivity contribution in [2.24, 2.45) is 0 Å². The van der Waals surface area contributed by atoms with Crippen molar-refractivity contribution in [3.8, 4) is 0 Å². The zero-order valence-corrected chi connectivity index (χ0v) is 11.6. The molecule has 1 N–H and O–H groups in total. The fourth-order valence-corrected chi connectivity index (χ4v) is 2.29. The Morgan fingerprint density at radius 2 is 1.80 bits per heavy atom. The molecule has 0 aliphatic carbocycles. The van der Waals surface area contributed by atoms with Gasteiger partial charge in [-0.1, -0.05) is 18.7 Å². The van der Waals surface area contributed by atoms with E-state index in [0.717, 1.165) is 24.2 Å². The molecule has 0 fully saturated rings. The Bertz CT molecular complexity index is 588. The number of pyridine rings is 1. The number of aromatic nitrogens is 1. The van der Waals surface area contributed by atoms with Crippen LogP contribution in [0.3, 0.4) is 0 Å². The summed E-state index contributed by atoms with van der Waals surface area (Å²) in [5.74, 6) is -1.80. The quantitative estimate of drug-likeness (QED) is 0.881. The van der Waals surface area contributed by atoms with Gasteiger partial charge in [-0.05, 0) is 30.7 Å². The van der Waals surface area contributed by atoms with Crippen LogP contribution in [0.1, 0.15) is 13.3 Å². The fraction of sp³-hybridized carbons (Fsp3) is 0.214. The molecule has 2 nitrogen and oxygen atoms in total. The van der Waals surface area contributed by atoms with Gasteiger partial charge in [-0.25, -0.2) is 18.2 Å². The van der Waals surface area contributed by atoms with Gasteiger partial charge in [-0.3, -0.25) is 0 Å². The average molecular weight is 298 g/mol. The molecule has 1 aromatic heterocycles. The van der Waals surface area contributed by atoms with Gasteiger partial charge >= 0.3 is 0 Å². The molecule has 106 valence electrons. The molecule has 0 saturated carbocycles. The van der Waals surface area contributed by atoms with E-state index in [1.54, 1.807) is 0 Å². The fourth-order valence-electron chi connectivity index (χ4n) is 1.50. The minimum absolute atomic E-state index is 0.0258. The molecular formula is C14H13F3N2S. The first-order valence-corrected chi connectivity index (χ1v) is 6.95. The normalized spacial score (nSPS) is 10.6. The number of rotatable bonds is 5. The number of nitrogens with one attached hydrogen (secondary N) is 1.